The zero-order valence-corrected chi connectivity index (χ0v) is 12.1. The van der Waals surface area contributed by atoms with Crippen molar-refractivity contribution in [2.45, 2.75) is 46.8 Å². The SMILES string of the molecule is Cc1cc(CNC(=O)NCC(O)CC(C)C)c(C)o1. The monoisotopic (exact) mass is 268 g/mol. The van der Waals surface area contributed by atoms with Crippen LogP contribution < -0.4 is 10.6 Å². The fourth-order valence-corrected chi connectivity index (χ4v) is 1.93. The molecular weight excluding hydrogens is 244 g/mol. The molecule has 0 saturated heterocycles. The minimum atomic E-state index is -0.497. The van der Waals surface area contributed by atoms with E-state index in [1.165, 1.54) is 0 Å². The van der Waals surface area contributed by atoms with Crippen LogP contribution in [0, 0.1) is 19.8 Å². The van der Waals surface area contributed by atoms with Crippen molar-refractivity contribution in [2.75, 3.05) is 6.54 Å². The van der Waals surface area contributed by atoms with Gasteiger partial charge in [0.2, 0.25) is 0 Å². The summed E-state index contributed by atoms with van der Waals surface area (Å²) in [6.45, 7) is 8.51. The van der Waals surface area contributed by atoms with Crippen LogP contribution in [0.25, 0.3) is 0 Å². The van der Waals surface area contributed by atoms with Gasteiger partial charge in [-0.15, -0.1) is 0 Å². The first-order valence-electron chi connectivity index (χ1n) is 6.64. The van der Waals surface area contributed by atoms with Gasteiger partial charge in [0.05, 0.1) is 6.10 Å². The zero-order valence-electron chi connectivity index (χ0n) is 12.1. The third kappa shape index (κ3) is 5.79. The van der Waals surface area contributed by atoms with Crippen molar-refractivity contribution in [2.24, 2.45) is 5.92 Å². The Balaban J connectivity index is 2.26. The maximum atomic E-state index is 11.6. The van der Waals surface area contributed by atoms with Crippen molar-refractivity contribution in [3.63, 3.8) is 0 Å². The number of hydrogen-bond donors (Lipinski definition) is 3. The van der Waals surface area contributed by atoms with E-state index in [2.05, 4.69) is 10.6 Å². The molecule has 2 amide bonds. The van der Waals surface area contributed by atoms with Crippen LogP contribution in [0.5, 0.6) is 0 Å². The number of furan rings is 1. The molecule has 5 heteroatoms. The van der Waals surface area contributed by atoms with Gasteiger partial charge in [0.15, 0.2) is 0 Å². The van der Waals surface area contributed by atoms with Gasteiger partial charge in [-0.2, -0.15) is 0 Å². The van der Waals surface area contributed by atoms with E-state index in [4.69, 9.17) is 4.42 Å². The van der Waals surface area contributed by atoms with Crippen molar-refractivity contribution in [1.29, 1.82) is 0 Å². The van der Waals surface area contributed by atoms with Gasteiger partial charge in [0, 0.05) is 18.7 Å². The first kappa shape index (κ1) is 15.6. The molecule has 0 bridgehead atoms. The summed E-state index contributed by atoms with van der Waals surface area (Å²) in [5, 5.41) is 15.0. The van der Waals surface area contributed by atoms with Gasteiger partial charge in [-0.1, -0.05) is 13.8 Å². The summed E-state index contributed by atoms with van der Waals surface area (Å²) in [7, 11) is 0. The smallest absolute Gasteiger partial charge is 0.315 e. The molecule has 0 aromatic carbocycles. The lowest BCUT2D eigenvalue weighted by atomic mass is 10.1. The van der Waals surface area contributed by atoms with E-state index in [1.807, 2.05) is 33.8 Å². The molecule has 1 unspecified atom stereocenters. The van der Waals surface area contributed by atoms with Crippen LogP contribution in [-0.4, -0.2) is 23.8 Å². The number of carbonyl (C=O) groups excluding carboxylic acids is 1. The highest BCUT2D eigenvalue weighted by Gasteiger charge is 2.10. The predicted octanol–water partition coefficient (Wildman–Crippen LogP) is 2.10. The third-order valence-electron chi connectivity index (χ3n) is 2.82. The average Bonchev–Trinajstić information content (AvgIpc) is 2.61. The van der Waals surface area contributed by atoms with Crippen LogP contribution in [0.1, 0.15) is 37.4 Å². The topological polar surface area (TPSA) is 74.5 Å². The maximum absolute atomic E-state index is 11.6. The standard InChI is InChI=1S/C14H24N2O3/c1-9(2)5-13(17)8-16-14(18)15-7-12-6-10(3)19-11(12)4/h6,9,13,17H,5,7-8H2,1-4H3,(H2,15,16,18). The normalized spacial score (nSPS) is 12.5. The summed E-state index contributed by atoms with van der Waals surface area (Å²) < 4.78 is 5.38. The molecule has 0 aliphatic rings. The molecule has 108 valence electrons. The number of aliphatic hydroxyl groups is 1. The van der Waals surface area contributed by atoms with E-state index in [9.17, 15) is 9.90 Å². The molecule has 3 N–H and O–H groups in total. The van der Waals surface area contributed by atoms with Gasteiger partial charge in [-0.25, -0.2) is 4.79 Å². The number of aryl methyl sites for hydroxylation is 2. The van der Waals surface area contributed by atoms with Gasteiger partial charge < -0.3 is 20.2 Å². The van der Waals surface area contributed by atoms with Crippen molar-refractivity contribution >= 4 is 6.03 Å². The number of carbonyl (C=O) groups is 1. The first-order chi connectivity index (χ1) is 8.88. The van der Waals surface area contributed by atoms with E-state index >= 15 is 0 Å². The highest BCUT2D eigenvalue weighted by Crippen LogP contribution is 2.12. The predicted molar refractivity (Wildman–Crippen MR) is 73.9 cm³/mol. The summed E-state index contributed by atoms with van der Waals surface area (Å²) in [6.07, 6.45) is 0.184. The van der Waals surface area contributed by atoms with Gasteiger partial charge in [0.1, 0.15) is 11.5 Å². The average molecular weight is 268 g/mol. The highest BCUT2D eigenvalue weighted by molar-refractivity contribution is 5.73. The lowest BCUT2D eigenvalue weighted by Crippen LogP contribution is -2.39. The maximum Gasteiger partial charge on any atom is 0.315 e. The fourth-order valence-electron chi connectivity index (χ4n) is 1.93. The number of rotatable bonds is 6. The molecule has 1 atom stereocenters. The van der Waals surface area contributed by atoms with Crippen LogP contribution >= 0.6 is 0 Å². The minimum Gasteiger partial charge on any atom is -0.466 e. The van der Waals surface area contributed by atoms with Gasteiger partial charge in [-0.3, -0.25) is 0 Å². The molecular formula is C14H24N2O3. The van der Waals surface area contributed by atoms with Crippen LogP contribution in [0.2, 0.25) is 0 Å². The summed E-state index contributed by atoms with van der Waals surface area (Å²) >= 11 is 0. The molecule has 1 heterocycles. The molecule has 5 nitrogen and oxygen atoms in total. The Morgan fingerprint density at radius 3 is 2.58 bits per heavy atom. The third-order valence-corrected chi connectivity index (χ3v) is 2.82. The lowest BCUT2D eigenvalue weighted by Gasteiger charge is -2.14. The summed E-state index contributed by atoms with van der Waals surface area (Å²) in [4.78, 5) is 11.6. The minimum absolute atomic E-state index is 0.271. The molecule has 19 heavy (non-hydrogen) atoms. The lowest BCUT2D eigenvalue weighted by molar-refractivity contribution is 0.147. The molecule has 0 spiro atoms. The van der Waals surface area contributed by atoms with Gasteiger partial charge in [0.25, 0.3) is 0 Å². The van der Waals surface area contributed by atoms with E-state index in [-0.39, 0.29) is 12.6 Å². The van der Waals surface area contributed by atoms with Crippen LogP contribution in [0.4, 0.5) is 4.79 Å². The molecule has 0 radical (unpaired) electrons. The summed E-state index contributed by atoms with van der Waals surface area (Å²) in [5.41, 5.74) is 0.968. The Morgan fingerprint density at radius 2 is 2.05 bits per heavy atom. The van der Waals surface area contributed by atoms with E-state index < -0.39 is 6.10 Å². The second kappa shape index (κ2) is 7.19. The molecule has 1 rings (SSSR count). The Labute approximate surface area is 114 Å². The number of hydrogen-bond acceptors (Lipinski definition) is 3. The van der Waals surface area contributed by atoms with Crippen molar-refractivity contribution in [3.8, 4) is 0 Å². The molecule has 0 fully saturated rings. The molecule has 0 aliphatic carbocycles. The molecule has 1 aromatic heterocycles. The number of amides is 2. The molecule has 1 aromatic rings. The van der Waals surface area contributed by atoms with Crippen LogP contribution in [0.15, 0.2) is 10.5 Å². The second-order valence-electron chi connectivity index (χ2n) is 5.29. The van der Waals surface area contributed by atoms with E-state index in [0.717, 1.165) is 17.1 Å². The number of aliphatic hydroxyl groups excluding tert-OH is 1. The van der Waals surface area contributed by atoms with Crippen molar-refractivity contribution < 1.29 is 14.3 Å². The zero-order chi connectivity index (χ0) is 14.4. The summed E-state index contributed by atoms with van der Waals surface area (Å²) in [5.74, 6) is 2.07. The fraction of sp³-hybridized carbons (Fsp3) is 0.643. The Hall–Kier alpha value is -1.49. The first-order valence-corrected chi connectivity index (χ1v) is 6.64. The Morgan fingerprint density at radius 1 is 1.37 bits per heavy atom. The van der Waals surface area contributed by atoms with Crippen molar-refractivity contribution in [3.05, 3.63) is 23.2 Å². The number of nitrogens with one attached hydrogen (secondary N) is 2. The largest absolute Gasteiger partial charge is 0.466 e. The number of urea groups is 1. The summed E-state index contributed by atoms with van der Waals surface area (Å²) in [6, 6.07) is 1.63. The van der Waals surface area contributed by atoms with Crippen molar-refractivity contribution in [1.82, 2.24) is 10.6 Å². The van der Waals surface area contributed by atoms with Crippen LogP contribution in [-0.2, 0) is 6.54 Å². The quantitative estimate of drug-likeness (QED) is 0.739. The Kier molecular flexibility index (Phi) is 5.89. The highest BCUT2D eigenvalue weighted by atomic mass is 16.3. The molecule has 0 aliphatic heterocycles. The van der Waals surface area contributed by atoms with E-state index in [0.29, 0.717) is 18.9 Å². The van der Waals surface area contributed by atoms with Gasteiger partial charge in [-0.05, 0) is 32.3 Å². The second-order valence-corrected chi connectivity index (χ2v) is 5.29. The van der Waals surface area contributed by atoms with Crippen LogP contribution in [0.3, 0.4) is 0 Å². The van der Waals surface area contributed by atoms with Gasteiger partial charge >= 0.3 is 6.03 Å². The Bertz CT molecular complexity index is 413. The molecule has 0 saturated carbocycles. The van der Waals surface area contributed by atoms with E-state index in [1.54, 1.807) is 0 Å².